The van der Waals surface area contributed by atoms with Crippen molar-refractivity contribution < 1.29 is 9.90 Å². The molecule has 1 amide bonds. The lowest BCUT2D eigenvalue weighted by atomic mass is 9.94. The molecule has 1 saturated heterocycles. The Morgan fingerprint density at radius 3 is 2.48 bits per heavy atom. The molecule has 0 spiro atoms. The fourth-order valence-corrected chi connectivity index (χ4v) is 2.91. The van der Waals surface area contributed by atoms with Gasteiger partial charge in [-0.05, 0) is 57.6 Å². The number of nitrogens with one attached hydrogen (secondary N) is 1. The Labute approximate surface area is 138 Å². The van der Waals surface area contributed by atoms with E-state index in [0.717, 1.165) is 31.6 Å². The number of benzene rings is 1. The Morgan fingerprint density at radius 2 is 1.91 bits per heavy atom. The van der Waals surface area contributed by atoms with E-state index < -0.39 is 5.54 Å². The Balaban J connectivity index is 1.89. The summed E-state index contributed by atoms with van der Waals surface area (Å²) in [6.07, 6.45) is 1.81. The van der Waals surface area contributed by atoms with E-state index in [1.165, 1.54) is 6.92 Å². The van der Waals surface area contributed by atoms with Gasteiger partial charge < -0.3 is 20.3 Å². The van der Waals surface area contributed by atoms with Crippen LogP contribution >= 0.6 is 0 Å². The highest BCUT2D eigenvalue weighted by Crippen LogP contribution is 2.22. The van der Waals surface area contributed by atoms with Gasteiger partial charge in [-0.2, -0.15) is 0 Å². The zero-order valence-corrected chi connectivity index (χ0v) is 14.2. The lowest BCUT2D eigenvalue weighted by molar-refractivity contribution is -0.216. The summed E-state index contributed by atoms with van der Waals surface area (Å²) in [6.45, 7) is 7.37. The molecule has 0 atom stereocenters. The number of nitrogens with zero attached hydrogens (tertiary/aromatic N) is 2. The highest BCUT2D eigenvalue weighted by Gasteiger charge is 2.33. The van der Waals surface area contributed by atoms with Crippen molar-refractivity contribution in [3.63, 3.8) is 0 Å². The third-order valence-corrected chi connectivity index (χ3v) is 4.24. The number of hydrogen-bond acceptors (Lipinski definition) is 4. The fraction of sp³-hybridized carbons (Fsp3) is 0.556. The van der Waals surface area contributed by atoms with Crippen molar-refractivity contribution in [1.29, 1.82) is 0 Å². The number of para-hydroxylation sites is 1. The third kappa shape index (κ3) is 4.98. The number of anilines is 1. The number of amides is 1. The van der Waals surface area contributed by atoms with Gasteiger partial charge in [-0.15, -0.1) is 0 Å². The summed E-state index contributed by atoms with van der Waals surface area (Å²) in [5.74, 6) is 0.410. The molecule has 0 bridgehead atoms. The fourth-order valence-electron chi connectivity index (χ4n) is 2.91. The quantitative estimate of drug-likeness (QED) is 0.666. The molecule has 1 aliphatic heterocycles. The summed E-state index contributed by atoms with van der Waals surface area (Å²) in [7, 11) is 0. The van der Waals surface area contributed by atoms with Crippen LogP contribution in [0.15, 0.2) is 35.3 Å². The predicted octanol–water partition coefficient (Wildman–Crippen LogP) is 1.89. The van der Waals surface area contributed by atoms with Crippen LogP contribution in [0.3, 0.4) is 0 Å². The Kier molecular flexibility index (Phi) is 5.64. The summed E-state index contributed by atoms with van der Waals surface area (Å²) in [5.41, 5.74) is 0.304. The molecule has 1 fully saturated rings. The van der Waals surface area contributed by atoms with Crippen LogP contribution < -0.4 is 10.4 Å². The van der Waals surface area contributed by atoms with Gasteiger partial charge in [0.1, 0.15) is 5.54 Å². The van der Waals surface area contributed by atoms with E-state index in [1.54, 1.807) is 0 Å². The Morgan fingerprint density at radius 1 is 1.30 bits per heavy atom. The van der Waals surface area contributed by atoms with Crippen LogP contribution in [-0.2, 0) is 4.79 Å². The summed E-state index contributed by atoms with van der Waals surface area (Å²) in [5, 5.41) is 14.2. The van der Waals surface area contributed by atoms with E-state index in [4.69, 9.17) is 0 Å². The molecule has 5 heteroatoms. The number of piperidine rings is 1. The minimum absolute atomic E-state index is 0.114. The van der Waals surface area contributed by atoms with Gasteiger partial charge >= 0.3 is 0 Å². The second-order valence-electron chi connectivity index (χ2n) is 6.71. The van der Waals surface area contributed by atoms with Crippen LogP contribution in [-0.4, -0.2) is 41.9 Å². The molecule has 2 rings (SSSR count). The van der Waals surface area contributed by atoms with Gasteiger partial charge in [-0.3, -0.25) is 4.79 Å². The molecule has 0 aliphatic carbocycles. The molecule has 1 aromatic carbocycles. The molecule has 23 heavy (non-hydrogen) atoms. The van der Waals surface area contributed by atoms with Crippen molar-refractivity contribution >= 4 is 17.5 Å². The van der Waals surface area contributed by atoms with Crippen molar-refractivity contribution in [2.24, 2.45) is 10.9 Å². The summed E-state index contributed by atoms with van der Waals surface area (Å²) < 4.78 is 0. The first-order chi connectivity index (χ1) is 10.9. The average Bonchev–Trinajstić information content (AvgIpc) is 2.53. The molecular weight excluding hydrogens is 290 g/mol. The molecule has 126 valence electrons. The van der Waals surface area contributed by atoms with E-state index in [9.17, 15) is 9.90 Å². The Bertz CT molecular complexity index is 543. The summed E-state index contributed by atoms with van der Waals surface area (Å²) >= 11 is 0. The standard InChI is InChI=1S/C18H27N3O2/c1-14(22)19-13-15-9-11-21(12-10-15)17(23)18(2,3)20-16-7-5-4-6-8-16/h4-8,15,20H,9-13H2,1-3H3,(H,19,22)/p-1. The topological polar surface area (TPSA) is 67.8 Å². The largest absolute Gasteiger partial charge is 0.862 e. The molecule has 0 saturated carbocycles. The number of carbonyl (C=O) groups excluding carboxylic acids is 1. The molecule has 5 nitrogen and oxygen atoms in total. The molecule has 1 aromatic rings. The summed E-state index contributed by atoms with van der Waals surface area (Å²) in [6, 6.07) is 9.78. The number of likely N-dealkylation sites (tertiary alicyclic amines) is 1. The van der Waals surface area contributed by atoms with Gasteiger partial charge in [0.15, 0.2) is 0 Å². The molecule has 1 aliphatic rings. The van der Waals surface area contributed by atoms with Gasteiger partial charge in [0, 0.05) is 25.3 Å². The second-order valence-corrected chi connectivity index (χ2v) is 6.71. The SMILES string of the molecule is CC([O-])=NCC1CCN(C(=O)C(C)(C)Nc2ccccc2)CC1. The van der Waals surface area contributed by atoms with E-state index in [2.05, 4.69) is 10.3 Å². The molecule has 0 radical (unpaired) electrons. The number of hydrogen-bond donors (Lipinski definition) is 1. The van der Waals surface area contributed by atoms with E-state index in [1.807, 2.05) is 49.1 Å². The number of rotatable bonds is 5. The van der Waals surface area contributed by atoms with Crippen LogP contribution in [0.2, 0.25) is 0 Å². The van der Waals surface area contributed by atoms with Gasteiger partial charge in [0.2, 0.25) is 5.91 Å². The maximum Gasteiger partial charge on any atom is 0.247 e. The highest BCUT2D eigenvalue weighted by molar-refractivity contribution is 5.88. The van der Waals surface area contributed by atoms with E-state index in [0.29, 0.717) is 12.5 Å². The van der Waals surface area contributed by atoms with Crippen molar-refractivity contribution in [2.75, 3.05) is 25.0 Å². The molecule has 1 heterocycles. The Hall–Kier alpha value is -2.04. The van der Waals surface area contributed by atoms with E-state index >= 15 is 0 Å². The number of carbonyl (C=O) groups is 1. The molecule has 0 aromatic heterocycles. The van der Waals surface area contributed by atoms with Gasteiger partial charge in [-0.1, -0.05) is 18.2 Å². The van der Waals surface area contributed by atoms with Crippen LogP contribution in [0, 0.1) is 5.92 Å². The first-order valence-corrected chi connectivity index (χ1v) is 8.19. The maximum absolute atomic E-state index is 12.8. The number of aliphatic imine (C=N–C) groups is 1. The van der Waals surface area contributed by atoms with Gasteiger partial charge in [-0.25, -0.2) is 0 Å². The minimum Gasteiger partial charge on any atom is -0.862 e. The monoisotopic (exact) mass is 316 g/mol. The lowest BCUT2D eigenvalue weighted by Crippen LogP contribution is -2.52. The van der Waals surface area contributed by atoms with Crippen LogP contribution in [0.5, 0.6) is 0 Å². The molecular formula is C18H26N3O2-. The normalized spacial score (nSPS) is 17.2. The minimum atomic E-state index is -0.641. The smallest absolute Gasteiger partial charge is 0.247 e. The molecule has 1 N–H and O–H groups in total. The first-order valence-electron chi connectivity index (χ1n) is 8.19. The average molecular weight is 316 g/mol. The zero-order chi connectivity index (χ0) is 16.9. The van der Waals surface area contributed by atoms with Crippen LogP contribution in [0.25, 0.3) is 0 Å². The van der Waals surface area contributed by atoms with Gasteiger partial charge in [0.25, 0.3) is 0 Å². The first kappa shape index (κ1) is 17.3. The highest BCUT2D eigenvalue weighted by atomic mass is 16.3. The zero-order valence-electron chi connectivity index (χ0n) is 14.2. The lowest BCUT2D eigenvalue weighted by Gasteiger charge is -2.37. The van der Waals surface area contributed by atoms with Crippen molar-refractivity contribution in [1.82, 2.24) is 4.90 Å². The third-order valence-electron chi connectivity index (χ3n) is 4.24. The van der Waals surface area contributed by atoms with Gasteiger partial charge in [0.05, 0.1) is 0 Å². The molecule has 0 unspecified atom stereocenters. The van der Waals surface area contributed by atoms with Crippen molar-refractivity contribution in [3.8, 4) is 0 Å². The van der Waals surface area contributed by atoms with E-state index in [-0.39, 0.29) is 11.8 Å². The van der Waals surface area contributed by atoms with Crippen molar-refractivity contribution in [3.05, 3.63) is 30.3 Å². The van der Waals surface area contributed by atoms with Crippen LogP contribution in [0.1, 0.15) is 33.6 Å². The predicted molar refractivity (Wildman–Crippen MR) is 91.4 cm³/mol. The van der Waals surface area contributed by atoms with Crippen LogP contribution in [0.4, 0.5) is 5.69 Å². The summed E-state index contributed by atoms with van der Waals surface area (Å²) in [4.78, 5) is 18.7. The maximum atomic E-state index is 12.8. The second kappa shape index (κ2) is 7.49. The van der Waals surface area contributed by atoms with Crippen molar-refractivity contribution in [2.45, 2.75) is 39.2 Å².